The van der Waals surface area contributed by atoms with Crippen LogP contribution in [0.5, 0.6) is 0 Å². The Morgan fingerprint density at radius 1 is 1.50 bits per heavy atom. The van der Waals surface area contributed by atoms with Gasteiger partial charge < -0.3 is 10.1 Å². The molecular weight excluding hydrogens is 250 g/mol. The predicted molar refractivity (Wildman–Crippen MR) is 73.6 cm³/mol. The highest BCUT2D eigenvalue weighted by atomic mass is 32.2. The number of thioether (sulfide) groups is 1. The second kappa shape index (κ2) is 8.19. The number of carbonyl (C=O) groups is 2. The zero-order valence-electron chi connectivity index (χ0n) is 11.0. The molecular formula is C13H21NO3S. The Balaban J connectivity index is 2.57. The number of carbonyl (C=O) groups excluding carboxylic acids is 2. The zero-order valence-corrected chi connectivity index (χ0v) is 11.8. The SMILES string of the molecule is CCSC(=O)N[C@@H](CC1=CCCCC1)C(=O)OC. The molecule has 0 unspecified atom stereocenters. The summed E-state index contributed by atoms with van der Waals surface area (Å²) in [6.07, 6.45) is 7.22. The van der Waals surface area contributed by atoms with Crippen molar-refractivity contribution in [2.24, 2.45) is 0 Å². The van der Waals surface area contributed by atoms with Crippen LogP contribution in [0.15, 0.2) is 11.6 Å². The zero-order chi connectivity index (χ0) is 13.4. The van der Waals surface area contributed by atoms with Crippen LogP contribution in [-0.4, -0.2) is 30.1 Å². The van der Waals surface area contributed by atoms with Gasteiger partial charge in [-0.25, -0.2) is 4.79 Å². The van der Waals surface area contributed by atoms with Gasteiger partial charge in [0.1, 0.15) is 6.04 Å². The lowest BCUT2D eigenvalue weighted by atomic mass is 9.94. The van der Waals surface area contributed by atoms with Crippen LogP contribution in [0.25, 0.3) is 0 Å². The van der Waals surface area contributed by atoms with Crippen LogP contribution < -0.4 is 5.32 Å². The Morgan fingerprint density at radius 2 is 2.28 bits per heavy atom. The number of ether oxygens (including phenoxy) is 1. The second-order valence-corrected chi connectivity index (χ2v) is 5.49. The number of amides is 1. The summed E-state index contributed by atoms with van der Waals surface area (Å²) >= 11 is 1.17. The monoisotopic (exact) mass is 271 g/mol. The molecule has 0 bridgehead atoms. The summed E-state index contributed by atoms with van der Waals surface area (Å²) in [7, 11) is 1.35. The lowest BCUT2D eigenvalue weighted by Crippen LogP contribution is -2.40. The summed E-state index contributed by atoms with van der Waals surface area (Å²) in [5.74, 6) is 0.328. The molecule has 1 N–H and O–H groups in total. The van der Waals surface area contributed by atoms with E-state index in [1.807, 2.05) is 6.92 Å². The Morgan fingerprint density at radius 3 is 2.83 bits per heavy atom. The standard InChI is InChI=1S/C13H21NO3S/c1-3-18-13(16)14-11(12(15)17-2)9-10-7-5-4-6-8-10/h7,11H,3-6,8-9H2,1-2H3,(H,14,16)/t11-/m0/s1. The van der Waals surface area contributed by atoms with Crippen molar-refractivity contribution in [2.75, 3.05) is 12.9 Å². The largest absolute Gasteiger partial charge is 0.467 e. The summed E-state index contributed by atoms with van der Waals surface area (Å²) in [5.41, 5.74) is 1.25. The molecule has 0 aromatic heterocycles. The highest BCUT2D eigenvalue weighted by molar-refractivity contribution is 8.13. The quantitative estimate of drug-likeness (QED) is 0.617. The first-order valence-electron chi connectivity index (χ1n) is 6.36. The summed E-state index contributed by atoms with van der Waals surface area (Å²) in [6.45, 7) is 1.90. The fourth-order valence-electron chi connectivity index (χ4n) is 2.00. The van der Waals surface area contributed by atoms with Gasteiger partial charge in [-0.15, -0.1) is 0 Å². The van der Waals surface area contributed by atoms with Crippen LogP contribution in [0.3, 0.4) is 0 Å². The maximum Gasteiger partial charge on any atom is 0.328 e. The van der Waals surface area contributed by atoms with Gasteiger partial charge in [-0.1, -0.05) is 30.3 Å². The normalized spacial score (nSPS) is 16.7. The molecule has 0 fully saturated rings. The summed E-state index contributed by atoms with van der Waals surface area (Å²) in [6, 6.07) is -0.550. The topological polar surface area (TPSA) is 55.4 Å². The Labute approximate surface area is 113 Å². The molecule has 0 aromatic carbocycles. The molecule has 102 valence electrons. The molecule has 4 nitrogen and oxygen atoms in total. The van der Waals surface area contributed by atoms with Crippen molar-refractivity contribution in [1.82, 2.24) is 5.32 Å². The number of methoxy groups -OCH3 is 1. The molecule has 1 aliphatic carbocycles. The number of hydrogen-bond acceptors (Lipinski definition) is 4. The molecule has 5 heteroatoms. The van der Waals surface area contributed by atoms with Crippen LogP contribution in [0.2, 0.25) is 0 Å². The first-order chi connectivity index (χ1) is 8.67. The van der Waals surface area contributed by atoms with E-state index in [-0.39, 0.29) is 11.2 Å². The molecule has 1 aliphatic rings. The number of allylic oxidation sites excluding steroid dienone is 1. The lowest BCUT2D eigenvalue weighted by molar-refractivity contribution is -0.142. The Hall–Kier alpha value is -0.970. The summed E-state index contributed by atoms with van der Waals surface area (Å²) in [4.78, 5) is 23.2. The van der Waals surface area contributed by atoms with E-state index in [1.165, 1.54) is 30.9 Å². The van der Waals surface area contributed by atoms with Gasteiger partial charge in [-0.05, 0) is 37.9 Å². The number of hydrogen-bond donors (Lipinski definition) is 1. The molecule has 0 radical (unpaired) electrons. The predicted octanol–water partition coefficient (Wildman–Crippen LogP) is 2.88. The molecule has 0 spiro atoms. The molecule has 1 atom stereocenters. The third kappa shape index (κ3) is 5.12. The molecule has 0 heterocycles. The molecule has 1 rings (SSSR count). The Bertz CT molecular complexity index is 328. The second-order valence-electron chi connectivity index (χ2n) is 4.25. The fraction of sp³-hybridized carbons (Fsp3) is 0.692. The van der Waals surface area contributed by atoms with E-state index in [0.29, 0.717) is 12.2 Å². The van der Waals surface area contributed by atoms with E-state index in [4.69, 9.17) is 4.74 Å². The highest BCUT2D eigenvalue weighted by Crippen LogP contribution is 2.22. The molecule has 0 saturated carbocycles. The van der Waals surface area contributed by atoms with Crippen molar-refractivity contribution in [3.63, 3.8) is 0 Å². The van der Waals surface area contributed by atoms with E-state index in [9.17, 15) is 9.59 Å². The maximum atomic E-state index is 11.7. The van der Waals surface area contributed by atoms with Crippen LogP contribution in [0.4, 0.5) is 4.79 Å². The van der Waals surface area contributed by atoms with Gasteiger partial charge in [-0.3, -0.25) is 4.79 Å². The van der Waals surface area contributed by atoms with Crippen LogP contribution >= 0.6 is 11.8 Å². The van der Waals surface area contributed by atoms with Crippen LogP contribution in [-0.2, 0) is 9.53 Å². The number of nitrogens with one attached hydrogen (secondary N) is 1. The van der Waals surface area contributed by atoms with Gasteiger partial charge in [0.2, 0.25) is 0 Å². The van der Waals surface area contributed by atoms with Crippen molar-refractivity contribution in [1.29, 1.82) is 0 Å². The van der Waals surface area contributed by atoms with Gasteiger partial charge in [0.15, 0.2) is 0 Å². The van der Waals surface area contributed by atoms with Gasteiger partial charge >= 0.3 is 5.97 Å². The van der Waals surface area contributed by atoms with Gasteiger partial charge in [-0.2, -0.15) is 0 Å². The average molecular weight is 271 g/mol. The van der Waals surface area contributed by atoms with Crippen LogP contribution in [0.1, 0.15) is 39.0 Å². The van der Waals surface area contributed by atoms with E-state index in [1.54, 1.807) is 0 Å². The highest BCUT2D eigenvalue weighted by Gasteiger charge is 2.23. The van der Waals surface area contributed by atoms with Crippen molar-refractivity contribution in [3.05, 3.63) is 11.6 Å². The van der Waals surface area contributed by atoms with E-state index in [2.05, 4.69) is 11.4 Å². The average Bonchev–Trinajstić information content (AvgIpc) is 2.38. The first-order valence-corrected chi connectivity index (χ1v) is 7.35. The minimum atomic E-state index is -0.550. The van der Waals surface area contributed by atoms with Crippen molar-refractivity contribution >= 4 is 23.0 Å². The summed E-state index contributed by atoms with van der Waals surface area (Å²) in [5, 5.41) is 2.56. The van der Waals surface area contributed by atoms with E-state index in [0.717, 1.165) is 19.3 Å². The van der Waals surface area contributed by atoms with E-state index < -0.39 is 6.04 Å². The minimum Gasteiger partial charge on any atom is -0.467 e. The van der Waals surface area contributed by atoms with Gasteiger partial charge in [0.05, 0.1) is 7.11 Å². The summed E-state index contributed by atoms with van der Waals surface area (Å²) < 4.78 is 4.74. The molecule has 0 aliphatic heterocycles. The first kappa shape index (κ1) is 15.1. The maximum absolute atomic E-state index is 11.7. The molecule has 1 amide bonds. The lowest BCUT2D eigenvalue weighted by Gasteiger charge is -2.19. The number of rotatable bonds is 5. The molecule has 18 heavy (non-hydrogen) atoms. The van der Waals surface area contributed by atoms with Crippen molar-refractivity contribution < 1.29 is 14.3 Å². The molecule has 0 aromatic rings. The third-order valence-electron chi connectivity index (χ3n) is 2.90. The molecule has 0 saturated heterocycles. The number of esters is 1. The van der Waals surface area contributed by atoms with Crippen LogP contribution in [0, 0.1) is 0 Å². The van der Waals surface area contributed by atoms with Crippen molar-refractivity contribution in [2.45, 2.75) is 45.1 Å². The minimum absolute atomic E-state index is 0.163. The van der Waals surface area contributed by atoms with Gasteiger partial charge in [0.25, 0.3) is 5.24 Å². The van der Waals surface area contributed by atoms with Gasteiger partial charge in [0, 0.05) is 0 Å². The van der Waals surface area contributed by atoms with E-state index >= 15 is 0 Å². The third-order valence-corrected chi connectivity index (χ3v) is 3.57. The van der Waals surface area contributed by atoms with Crippen molar-refractivity contribution in [3.8, 4) is 0 Å². The Kier molecular flexibility index (Phi) is 6.86. The smallest absolute Gasteiger partial charge is 0.328 e. The fourth-order valence-corrected chi connectivity index (χ4v) is 2.49.